The largest absolute Gasteiger partial charge is 0.462 e. The summed E-state index contributed by atoms with van der Waals surface area (Å²) in [5, 5.41) is 2.37. The third-order valence-corrected chi connectivity index (χ3v) is 3.61. The van der Waals surface area contributed by atoms with Crippen LogP contribution in [0.1, 0.15) is 48.2 Å². The maximum atomic E-state index is 12.3. The molecule has 20 heavy (non-hydrogen) atoms. The number of esters is 1. The van der Waals surface area contributed by atoms with E-state index in [9.17, 15) is 4.79 Å². The number of carbonyl (C=O) groups is 1. The van der Waals surface area contributed by atoms with Gasteiger partial charge in [-0.1, -0.05) is 43.7 Å². The van der Waals surface area contributed by atoms with E-state index >= 15 is 0 Å². The van der Waals surface area contributed by atoms with Gasteiger partial charge >= 0.3 is 5.97 Å². The highest BCUT2D eigenvalue weighted by Crippen LogP contribution is 2.28. The molecule has 106 valence electrons. The summed E-state index contributed by atoms with van der Waals surface area (Å²) in [7, 11) is 0. The van der Waals surface area contributed by atoms with Crippen LogP contribution in [0.25, 0.3) is 10.8 Å². The Morgan fingerprint density at radius 2 is 1.95 bits per heavy atom. The Labute approximate surface area is 120 Å². The zero-order chi connectivity index (χ0) is 14.5. The number of unbranched alkanes of at least 4 members (excludes halogenated alkanes) is 1. The monoisotopic (exact) mass is 270 g/mol. The second kappa shape index (κ2) is 6.56. The molecule has 2 heteroatoms. The van der Waals surface area contributed by atoms with Gasteiger partial charge in [0, 0.05) is 0 Å². The molecule has 0 saturated carbocycles. The number of hydrogen-bond donors (Lipinski definition) is 0. The predicted octanol–water partition coefficient (Wildman–Crippen LogP) is 4.67. The maximum Gasteiger partial charge on any atom is 0.338 e. The summed E-state index contributed by atoms with van der Waals surface area (Å²) in [6.45, 7) is 6.43. The van der Waals surface area contributed by atoms with Crippen molar-refractivity contribution in [2.24, 2.45) is 0 Å². The first-order valence-corrected chi connectivity index (χ1v) is 7.37. The fourth-order valence-electron chi connectivity index (χ4n) is 2.68. The molecule has 0 fully saturated rings. The van der Waals surface area contributed by atoms with Gasteiger partial charge in [0.2, 0.25) is 0 Å². The quantitative estimate of drug-likeness (QED) is 0.738. The SMILES string of the molecule is CCCCc1c(C(=O)OCC)c(C)cc2ccccc12. The van der Waals surface area contributed by atoms with E-state index in [4.69, 9.17) is 4.74 Å². The van der Waals surface area contributed by atoms with Crippen molar-refractivity contribution in [3.63, 3.8) is 0 Å². The summed E-state index contributed by atoms with van der Waals surface area (Å²) in [5.74, 6) is -0.193. The molecule has 0 spiro atoms. The van der Waals surface area contributed by atoms with Gasteiger partial charge in [0.1, 0.15) is 0 Å². The normalized spacial score (nSPS) is 10.8. The maximum absolute atomic E-state index is 12.3. The topological polar surface area (TPSA) is 26.3 Å². The highest BCUT2D eigenvalue weighted by atomic mass is 16.5. The molecule has 0 heterocycles. The molecule has 0 aliphatic heterocycles. The van der Waals surface area contributed by atoms with Crippen molar-refractivity contribution in [2.45, 2.75) is 40.0 Å². The third kappa shape index (κ3) is 2.84. The van der Waals surface area contributed by atoms with Gasteiger partial charge in [-0.05, 0) is 48.6 Å². The van der Waals surface area contributed by atoms with E-state index in [1.807, 2.05) is 26.0 Å². The van der Waals surface area contributed by atoms with Crippen LogP contribution in [0.2, 0.25) is 0 Å². The molecule has 2 nitrogen and oxygen atoms in total. The lowest BCUT2D eigenvalue weighted by atomic mass is 9.91. The van der Waals surface area contributed by atoms with Gasteiger partial charge < -0.3 is 4.74 Å². The van der Waals surface area contributed by atoms with Crippen LogP contribution in [0.3, 0.4) is 0 Å². The van der Waals surface area contributed by atoms with Gasteiger partial charge in [-0.25, -0.2) is 4.79 Å². The van der Waals surface area contributed by atoms with E-state index in [1.165, 1.54) is 10.8 Å². The lowest BCUT2D eigenvalue weighted by Crippen LogP contribution is -2.11. The number of carbonyl (C=O) groups excluding carboxylic acids is 1. The fraction of sp³-hybridized carbons (Fsp3) is 0.389. The first kappa shape index (κ1) is 14.6. The average molecular weight is 270 g/mol. The number of benzene rings is 2. The molecule has 0 N–H and O–H groups in total. The average Bonchev–Trinajstić information content (AvgIpc) is 2.44. The van der Waals surface area contributed by atoms with Crippen LogP contribution in [0, 0.1) is 6.92 Å². The number of aryl methyl sites for hydroxylation is 2. The molecule has 0 saturated heterocycles. The highest BCUT2D eigenvalue weighted by Gasteiger charge is 2.18. The zero-order valence-corrected chi connectivity index (χ0v) is 12.5. The summed E-state index contributed by atoms with van der Waals surface area (Å²) < 4.78 is 5.24. The van der Waals surface area contributed by atoms with E-state index < -0.39 is 0 Å². The Morgan fingerprint density at radius 1 is 1.20 bits per heavy atom. The summed E-state index contributed by atoms with van der Waals surface area (Å²) in [5.41, 5.74) is 2.91. The van der Waals surface area contributed by atoms with Crippen molar-refractivity contribution in [3.05, 3.63) is 47.0 Å². The molecular weight excluding hydrogens is 248 g/mol. The van der Waals surface area contributed by atoms with E-state index in [-0.39, 0.29) is 5.97 Å². The molecule has 0 aliphatic carbocycles. The van der Waals surface area contributed by atoms with Crippen molar-refractivity contribution in [3.8, 4) is 0 Å². The zero-order valence-electron chi connectivity index (χ0n) is 12.5. The molecule has 2 aromatic carbocycles. The third-order valence-electron chi connectivity index (χ3n) is 3.61. The van der Waals surface area contributed by atoms with E-state index in [0.29, 0.717) is 6.61 Å². The van der Waals surface area contributed by atoms with Gasteiger partial charge in [0.25, 0.3) is 0 Å². The highest BCUT2D eigenvalue weighted by molar-refractivity contribution is 6.00. The van der Waals surface area contributed by atoms with Gasteiger partial charge in [-0.3, -0.25) is 0 Å². The minimum absolute atomic E-state index is 0.193. The molecule has 0 unspecified atom stereocenters. The number of ether oxygens (including phenoxy) is 1. The predicted molar refractivity (Wildman–Crippen MR) is 83.3 cm³/mol. The van der Waals surface area contributed by atoms with Crippen LogP contribution in [0.4, 0.5) is 0 Å². The second-order valence-corrected chi connectivity index (χ2v) is 5.09. The van der Waals surface area contributed by atoms with Gasteiger partial charge in [0.05, 0.1) is 12.2 Å². The molecule has 2 rings (SSSR count). The minimum Gasteiger partial charge on any atom is -0.462 e. The molecule has 0 radical (unpaired) electrons. The lowest BCUT2D eigenvalue weighted by Gasteiger charge is -2.15. The van der Waals surface area contributed by atoms with Crippen LogP contribution < -0.4 is 0 Å². The van der Waals surface area contributed by atoms with Gasteiger partial charge in [-0.15, -0.1) is 0 Å². The first-order valence-electron chi connectivity index (χ1n) is 7.37. The molecular formula is C18H22O2. The van der Waals surface area contributed by atoms with Crippen LogP contribution in [-0.2, 0) is 11.2 Å². The van der Waals surface area contributed by atoms with Crippen molar-refractivity contribution in [2.75, 3.05) is 6.61 Å². The van der Waals surface area contributed by atoms with Gasteiger partial charge in [0.15, 0.2) is 0 Å². The Bertz CT molecular complexity index is 614. The van der Waals surface area contributed by atoms with Crippen LogP contribution >= 0.6 is 0 Å². The lowest BCUT2D eigenvalue weighted by molar-refractivity contribution is 0.0524. The Morgan fingerprint density at radius 3 is 2.65 bits per heavy atom. The molecule has 2 aromatic rings. The Hall–Kier alpha value is -1.83. The van der Waals surface area contributed by atoms with Crippen molar-refractivity contribution >= 4 is 16.7 Å². The number of rotatable bonds is 5. The standard InChI is InChI=1S/C18H22O2/c1-4-6-10-16-15-11-8-7-9-14(15)12-13(3)17(16)18(19)20-5-2/h7-9,11-12H,4-6,10H2,1-3H3. The van der Waals surface area contributed by atoms with E-state index in [2.05, 4.69) is 25.1 Å². The van der Waals surface area contributed by atoms with Gasteiger partial charge in [-0.2, -0.15) is 0 Å². The Kier molecular flexibility index (Phi) is 4.78. The minimum atomic E-state index is -0.193. The molecule has 0 amide bonds. The summed E-state index contributed by atoms with van der Waals surface area (Å²) in [4.78, 5) is 12.3. The number of fused-ring (bicyclic) bond motifs is 1. The van der Waals surface area contributed by atoms with E-state index in [0.717, 1.165) is 36.0 Å². The smallest absolute Gasteiger partial charge is 0.338 e. The first-order chi connectivity index (χ1) is 9.69. The second-order valence-electron chi connectivity index (χ2n) is 5.09. The van der Waals surface area contributed by atoms with Crippen molar-refractivity contribution < 1.29 is 9.53 Å². The van der Waals surface area contributed by atoms with E-state index in [1.54, 1.807) is 0 Å². The summed E-state index contributed by atoms with van der Waals surface area (Å²) in [6.07, 6.45) is 3.12. The van der Waals surface area contributed by atoms with Crippen LogP contribution in [0.15, 0.2) is 30.3 Å². The van der Waals surface area contributed by atoms with Crippen LogP contribution in [0.5, 0.6) is 0 Å². The molecule has 0 aliphatic rings. The fourth-order valence-corrected chi connectivity index (χ4v) is 2.68. The summed E-state index contributed by atoms with van der Waals surface area (Å²) in [6, 6.07) is 10.4. The Balaban J connectivity index is 2.63. The number of hydrogen-bond acceptors (Lipinski definition) is 2. The molecule has 0 bridgehead atoms. The molecule has 0 atom stereocenters. The molecule has 0 aromatic heterocycles. The van der Waals surface area contributed by atoms with Crippen molar-refractivity contribution in [1.29, 1.82) is 0 Å². The van der Waals surface area contributed by atoms with Crippen LogP contribution in [-0.4, -0.2) is 12.6 Å². The summed E-state index contributed by atoms with van der Waals surface area (Å²) >= 11 is 0. The van der Waals surface area contributed by atoms with Crippen molar-refractivity contribution in [1.82, 2.24) is 0 Å².